The standard InChI is InChI=1S/C16H11N3OS2/c17-8-11-2-1-3-13(6-11)18-15(20)7-14-10-22-16(19-14)12-4-5-21-9-12/h1-6,9-10H,7H2,(H,18,20). The first-order valence-corrected chi connectivity index (χ1v) is 8.34. The number of hydrogen-bond donors (Lipinski definition) is 1. The average molecular weight is 325 g/mol. The van der Waals surface area contributed by atoms with Crippen molar-refractivity contribution < 1.29 is 4.79 Å². The molecule has 0 aliphatic rings. The van der Waals surface area contributed by atoms with Crippen LogP contribution in [-0.2, 0) is 11.2 Å². The Bertz CT molecular complexity index is 831. The van der Waals surface area contributed by atoms with E-state index < -0.39 is 0 Å². The number of carbonyl (C=O) groups excluding carboxylic acids is 1. The van der Waals surface area contributed by atoms with Crippen LogP contribution in [-0.4, -0.2) is 10.9 Å². The molecule has 4 nitrogen and oxygen atoms in total. The van der Waals surface area contributed by atoms with E-state index in [1.54, 1.807) is 35.6 Å². The topological polar surface area (TPSA) is 65.8 Å². The molecule has 0 aliphatic heterocycles. The lowest BCUT2D eigenvalue weighted by molar-refractivity contribution is -0.115. The molecule has 1 amide bonds. The molecule has 0 unspecified atom stereocenters. The van der Waals surface area contributed by atoms with Crippen LogP contribution >= 0.6 is 22.7 Å². The molecule has 0 radical (unpaired) electrons. The van der Waals surface area contributed by atoms with Gasteiger partial charge in [0.1, 0.15) is 5.01 Å². The summed E-state index contributed by atoms with van der Waals surface area (Å²) in [6, 6.07) is 10.9. The molecule has 0 atom stereocenters. The second-order valence-corrected chi connectivity index (χ2v) is 6.21. The van der Waals surface area contributed by atoms with Crippen LogP contribution in [0.4, 0.5) is 5.69 Å². The van der Waals surface area contributed by atoms with Crippen LogP contribution in [0.3, 0.4) is 0 Å². The maximum absolute atomic E-state index is 12.0. The van der Waals surface area contributed by atoms with Crippen molar-refractivity contribution in [3.05, 3.63) is 57.7 Å². The second kappa shape index (κ2) is 6.52. The van der Waals surface area contributed by atoms with E-state index in [0.717, 1.165) is 16.3 Å². The lowest BCUT2D eigenvalue weighted by Gasteiger charge is -2.03. The third-order valence-electron chi connectivity index (χ3n) is 2.94. The van der Waals surface area contributed by atoms with Gasteiger partial charge in [0.2, 0.25) is 5.91 Å². The Hall–Kier alpha value is -2.49. The number of benzene rings is 1. The van der Waals surface area contributed by atoms with Gasteiger partial charge in [-0.3, -0.25) is 4.79 Å². The Morgan fingerprint density at radius 2 is 2.23 bits per heavy atom. The van der Waals surface area contributed by atoms with Crippen LogP contribution in [0.15, 0.2) is 46.5 Å². The summed E-state index contributed by atoms with van der Waals surface area (Å²) >= 11 is 3.16. The zero-order valence-corrected chi connectivity index (χ0v) is 13.1. The van der Waals surface area contributed by atoms with Gasteiger partial charge in [0, 0.05) is 22.0 Å². The minimum atomic E-state index is -0.141. The Labute approximate surface area is 135 Å². The average Bonchev–Trinajstić information content (AvgIpc) is 3.18. The van der Waals surface area contributed by atoms with Gasteiger partial charge in [0.25, 0.3) is 0 Å². The summed E-state index contributed by atoms with van der Waals surface area (Å²) in [5.74, 6) is -0.141. The molecule has 1 N–H and O–H groups in total. The van der Waals surface area contributed by atoms with Crippen molar-refractivity contribution in [1.29, 1.82) is 5.26 Å². The summed E-state index contributed by atoms with van der Waals surface area (Å²) in [6.07, 6.45) is 0.220. The Kier molecular flexibility index (Phi) is 4.28. The number of nitrogens with zero attached hydrogens (tertiary/aromatic N) is 2. The monoisotopic (exact) mass is 325 g/mol. The Morgan fingerprint density at radius 3 is 3.00 bits per heavy atom. The highest BCUT2D eigenvalue weighted by molar-refractivity contribution is 7.14. The van der Waals surface area contributed by atoms with E-state index in [1.165, 1.54) is 11.3 Å². The zero-order valence-electron chi connectivity index (χ0n) is 11.4. The number of aromatic nitrogens is 1. The first-order chi connectivity index (χ1) is 10.7. The fourth-order valence-corrected chi connectivity index (χ4v) is 3.47. The van der Waals surface area contributed by atoms with Crippen LogP contribution in [0.2, 0.25) is 0 Å². The largest absolute Gasteiger partial charge is 0.326 e. The number of thiophene rings is 1. The molecular formula is C16H11N3OS2. The number of thiazole rings is 1. The summed E-state index contributed by atoms with van der Waals surface area (Å²) in [6.45, 7) is 0. The molecule has 6 heteroatoms. The van der Waals surface area contributed by atoms with Crippen LogP contribution < -0.4 is 5.32 Å². The molecule has 0 aliphatic carbocycles. The van der Waals surface area contributed by atoms with Gasteiger partial charge in [-0.25, -0.2) is 4.98 Å². The number of nitriles is 1. The molecule has 3 rings (SSSR count). The van der Waals surface area contributed by atoms with Crippen molar-refractivity contribution in [2.75, 3.05) is 5.32 Å². The summed E-state index contributed by atoms with van der Waals surface area (Å²) in [4.78, 5) is 16.5. The quantitative estimate of drug-likeness (QED) is 0.790. The first-order valence-electron chi connectivity index (χ1n) is 6.51. The Morgan fingerprint density at radius 1 is 1.32 bits per heavy atom. The van der Waals surface area contributed by atoms with Crippen LogP contribution in [0.5, 0.6) is 0 Å². The molecule has 2 heterocycles. The van der Waals surface area contributed by atoms with Crippen LogP contribution in [0, 0.1) is 11.3 Å². The maximum atomic E-state index is 12.0. The predicted molar refractivity (Wildman–Crippen MR) is 88.9 cm³/mol. The van der Waals surface area contributed by atoms with Crippen molar-refractivity contribution in [3.63, 3.8) is 0 Å². The van der Waals surface area contributed by atoms with Crippen molar-refractivity contribution in [2.24, 2.45) is 0 Å². The van der Waals surface area contributed by atoms with Gasteiger partial charge in [0.15, 0.2) is 0 Å². The molecule has 0 fully saturated rings. The maximum Gasteiger partial charge on any atom is 0.230 e. The SMILES string of the molecule is N#Cc1cccc(NC(=O)Cc2csc(-c3ccsc3)n2)c1. The summed E-state index contributed by atoms with van der Waals surface area (Å²) in [5.41, 5.74) is 2.98. The van der Waals surface area contributed by atoms with E-state index in [1.807, 2.05) is 28.3 Å². The molecule has 22 heavy (non-hydrogen) atoms. The molecule has 3 aromatic rings. The summed E-state index contributed by atoms with van der Waals surface area (Å²) < 4.78 is 0. The van der Waals surface area contributed by atoms with E-state index in [9.17, 15) is 4.79 Å². The van der Waals surface area contributed by atoms with Crippen LogP contribution in [0.1, 0.15) is 11.3 Å². The normalized spacial score (nSPS) is 10.1. The molecule has 0 saturated carbocycles. The van der Waals surface area contributed by atoms with Gasteiger partial charge < -0.3 is 5.32 Å². The van der Waals surface area contributed by atoms with E-state index in [2.05, 4.69) is 10.3 Å². The van der Waals surface area contributed by atoms with Crippen molar-refractivity contribution in [2.45, 2.75) is 6.42 Å². The van der Waals surface area contributed by atoms with E-state index >= 15 is 0 Å². The zero-order chi connectivity index (χ0) is 15.4. The van der Waals surface area contributed by atoms with Crippen molar-refractivity contribution in [3.8, 4) is 16.6 Å². The fourth-order valence-electron chi connectivity index (χ4n) is 1.94. The minimum Gasteiger partial charge on any atom is -0.326 e. The van der Waals surface area contributed by atoms with Crippen molar-refractivity contribution in [1.82, 2.24) is 4.98 Å². The highest BCUT2D eigenvalue weighted by Crippen LogP contribution is 2.25. The van der Waals surface area contributed by atoms with Gasteiger partial charge in [-0.2, -0.15) is 16.6 Å². The third-order valence-corrected chi connectivity index (χ3v) is 4.56. The Balaban J connectivity index is 1.66. The highest BCUT2D eigenvalue weighted by Gasteiger charge is 2.10. The second-order valence-electron chi connectivity index (χ2n) is 4.57. The minimum absolute atomic E-state index is 0.141. The lowest BCUT2D eigenvalue weighted by atomic mass is 10.2. The summed E-state index contributed by atoms with van der Waals surface area (Å²) in [5, 5.41) is 18.5. The molecule has 0 saturated heterocycles. The number of anilines is 1. The molecular weight excluding hydrogens is 314 g/mol. The predicted octanol–water partition coefficient (Wildman–Crippen LogP) is 3.92. The number of hydrogen-bond acceptors (Lipinski definition) is 5. The lowest BCUT2D eigenvalue weighted by Crippen LogP contribution is -2.14. The number of nitrogens with one attached hydrogen (secondary N) is 1. The highest BCUT2D eigenvalue weighted by atomic mass is 32.1. The molecule has 0 spiro atoms. The molecule has 1 aromatic carbocycles. The van der Waals surface area contributed by atoms with Crippen LogP contribution in [0.25, 0.3) is 10.6 Å². The van der Waals surface area contributed by atoms with Gasteiger partial charge >= 0.3 is 0 Å². The van der Waals surface area contributed by atoms with E-state index in [0.29, 0.717) is 11.3 Å². The van der Waals surface area contributed by atoms with Gasteiger partial charge in [-0.15, -0.1) is 11.3 Å². The third kappa shape index (κ3) is 3.39. The van der Waals surface area contributed by atoms with Gasteiger partial charge in [-0.1, -0.05) is 6.07 Å². The van der Waals surface area contributed by atoms with E-state index in [4.69, 9.17) is 5.26 Å². The fraction of sp³-hybridized carbons (Fsp3) is 0.0625. The number of rotatable bonds is 4. The van der Waals surface area contributed by atoms with Gasteiger partial charge in [0.05, 0.1) is 23.7 Å². The number of carbonyl (C=O) groups is 1. The number of amides is 1. The van der Waals surface area contributed by atoms with Gasteiger partial charge in [-0.05, 0) is 29.6 Å². The first kappa shape index (κ1) is 14.4. The molecule has 108 valence electrons. The molecule has 2 aromatic heterocycles. The smallest absolute Gasteiger partial charge is 0.230 e. The van der Waals surface area contributed by atoms with E-state index in [-0.39, 0.29) is 12.3 Å². The summed E-state index contributed by atoms with van der Waals surface area (Å²) in [7, 11) is 0. The molecule has 0 bridgehead atoms. The van der Waals surface area contributed by atoms with Crippen molar-refractivity contribution >= 4 is 34.3 Å².